The molecule has 246 valence electrons. The van der Waals surface area contributed by atoms with E-state index >= 15 is 0 Å². The lowest BCUT2D eigenvalue weighted by molar-refractivity contribution is -0.276. The number of aliphatic hydroxyl groups is 1. The second-order valence-electron chi connectivity index (χ2n) is 12.7. The standard InChI is InChI=1S/C38H48N2O6/c1-26-35(24-40-19-7-5-4-6-8-20-40)45-38(46-36(26)31-17-15-29(25-41)16-18-31)34-14-10-13-33(22-34)32-12-9-11-30(21-32)23-39-37(43)27(2)44-28(3)42/h9-18,21-22,26-27,35-36,38,41H,4-8,19-20,23-25H2,1-3H3,(H,39,43). The summed E-state index contributed by atoms with van der Waals surface area (Å²) < 4.78 is 18.5. The molecule has 5 atom stereocenters. The summed E-state index contributed by atoms with van der Waals surface area (Å²) in [5, 5.41) is 12.4. The van der Waals surface area contributed by atoms with Gasteiger partial charge in [-0.05, 0) is 72.8 Å². The zero-order valence-electron chi connectivity index (χ0n) is 27.3. The van der Waals surface area contributed by atoms with E-state index in [9.17, 15) is 14.7 Å². The highest BCUT2D eigenvalue weighted by Gasteiger charge is 2.39. The van der Waals surface area contributed by atoms with Gasteiger partial charge in [-0.15, -0.1) is 0 Å². The van der Waals surface area contributed by atoms with Crippen molar-refractivity contribution in [2.24, 2.45) is 5.92 Å². The predicted molar refractivity (Wildman–Crippen MR) is 177 cm³/mol. The molecule has 2 N–H and O–H groups in total. The lowest BCUT2D eigenvalue weighted by Gasteiger charge is -2.43. The zero-order valence-corrected chi connectivity index (χ0v) is 27.3. The molecule has 2 aliphatic rings. The van der Waals surface area contributed by atoms with Gasteiger partial charge in [-0.25, -0.2) is 0 Å². The predicted octanol–water partition coefficient (Wildman–Crippen LogP) is 6.47. The molecule has 8 nitrogen and oxygen atoms in total. The molecule has 1 amide bonds. The first-order valence-electron chi connectivity index (χ1n) is 16.7. The maximum atomic E-state index is 12.4. The van der Waals surface area contributed by atoms with Crippen LogP contribution in [0.1, 0.15) is 87.5 Å². The highest BCUT2D eigenvalue weighted by Crippen LogP contribution is 2.42. The van der Waals surface area contributed by atoms with E-state index in [1.165, 1.54) is 39.0 Å². The zero-order chi connectivity index (χ0) is 32.5. The lowest BCUT2D eigenvalue weighted by Crippen LogP contribution is -2.45. The average Bonchev–Trinajstić information content (AvgIpc) is 3.05. The van der Waals surface area contributed by atoms with E-state index in [0.717, 1.165) is 53.0 Å². The van der Waals surface area contributed by atoms with Crippen LogP contribution >= 0.6 is 0 Å². The molecule has 2 saturated heterocycles. The van der Waals surface area contributed by atoms with Gasteiger partial charge >= 0.3 is 5.97 Å². The minimum Gasteiger partial charge on any atom is -0.453 e. The van der Waals surface area contributed by atoms with Crippen molar-refractivity contribution in [2.75, 3.05) is 19.6 Å². The van der Waals surface area contributed by atoms with Crippen molar-refractivity contribution >= 4 is 11.9 Å². The summed E-state index contributed by atoms with van der Waals surface area (Å²) in [5.41, 5.74) is 5.89. The van der Waals surface area contributed by atoms with E-state index < -0.39 is 18.4 Å². The third-order valence-electron chi connectivity index (χ3n) is 9.11. The SMILES string of the molecule is CC(=O)OC(C)C(=O)NCc1cccc(-c2cccc(C3OC(CN4CCCCCCC4)C(C)C(c4ccc(CO)cc4)O3)c2)c1. The first-order chi connectivity index (χ1) is 22.3. The van der Waals surface area contributed by atoms with E-state index in [-0.39, 0.29) is 30.6 Å². The molecule has 5 rings (SSSR count). The monoisotopic (exact) mass is 628 g/mol. The van der Waals surface area contributed by atoms with E-state index in [0.29, 0.717) is 6.54 Å². The lowest BCUT2D eigenvalue weighted by atomic mass is 9.89. The molecule has 5 unspecified atom stereocenters. The summed E-state index contributed by atoms with van der Waals surface area (Å²) in [7, 11) is 0. The fourth-order valence-corrected chi connectivity index (χ4v) is 6.44. The molecule has 0 aromatic heterocycles. The van der Waals surface area contributed by atoms with E-state index in [4.69, 9.17) is 14.2 Å². The number of aliphatic hydroxyl groups excluding tert-OH is 1. The number of likely N-dealkylation sites (tertiary alicyclic amines) is 1. The molecular weight excluding hydrogens is 580 g/mol. The highest BCUT2D eigenvalue weighted by molar-refractivity contribution is 5.82. The first-order valence-corrected chi connectivity index (χ1v) is 16.7. The molecular formula is C38H48N2O6. The number of hydrogen-bond acceptors (Lipinski definition) is 7. The van der Waals surface area contributed by atoms with E-state index in [1.807, 2.05) is 36.4 Å². The Morgan fingerprint density at radius 1 is 0.891 bits per heavy atom. The van der Waals surface area contributed by atoms with Crippen molar-refractivity contribution in [3.63, 3.8) is 0 Å². The number of amides is 1. The first kappa shape index (κ1) is 33.8. The Bertz CT molecular complexity index is 1440. The number of rotatable bonds is 10. The summed E-state index contributed by atoms with van der Waals surface area (Å²) in [4.78, 5) is 26.1. The van der Waals surface area contributed by atoms with Crippen LogP contribution in [-0.2, 0) is 37.0 Å². The number of carbonyl (C=O) groups is 2. The van der Waals surface area contributed by atoms with Gasteiger partial charge < -0.3 is 29.5 Å². The third-order valence-corrected chi connectivity index (χ3v) is 9.11. The van der Waals surface area contributed by atoms with Crippen LogP contribution in [0, 0.1) is 5.92 Å². The van der Waals surface area contributed by atoms with Crippen LogP contribution in [0.25, 0.3) is 11.1 Å². The van der Waals surface area contributed by atoms with Gasteiger partial charge in [0.05, 0.1) is 18.8 Å². The molecule has 0 spiro atoms. The van der Waals surface area contributed by atoms with Crippen LogP contribution in [0.15, 0.2) is 72.8 Å². The maximum Gasteiger partial charge on any atom is 0.303 e. The fourth-order valence-electron chi connectivity index (χ4n) is 6.44. The molecule has 0 saturated carbocycles. The van der Waals surface area contributed by atoms with E-state index in [2.05, 4.69) is 53.5 Å². The number of benzene rings is 3. The fraction of sp³-hybridized carbons (Fsp3) is 0.474. The summed E-state index contributed by atoms with van der Waals surface area (Å²) >= 11 is 0. The van der Waals surface area contributed by atoms with Gasteiger partial charge in [-0.3, -0.25) is 9.59 Å². The number of nitrogens with one attached hydrogen (secondary N) is 1. The summed E-state index contributed by atoms with van der Waals surface area (Å²) in [6.07, 6.45) is 4.81. The maximum absolute atomic E-state index is 12.4. The molecule has 0 bridgehead atoms. The van der Waals surface area contributed by atoms with Crippen LogP contribution in [0.4, 0.5) is 0 Å². The van der Waals surface area contributed by atoms with Gasteiger partial charge in [0.2, 0.25) is 0 Å². The van der Waals surface area contributed by atoms with Crippen molar-refractivity contribution in [2.45, 2.75) is 90.6 Å². The van der Waals surface area contributed by atoms with Crippen LogP contribution in [0.3, 0.4) is 0 Å². The molecule has 2 fully saturated rings. The van der Waals surface area contributed by atoms with Gasteiger partial charge in [0.25, 0.3) is 5.91 Å². The quantitative estimate of drug-likeness (QED) is 0.249. The van der Waals surface area contributed by atoms with Crippen molar-refractivity contribution in [3.8, 4) is 11.1 Å². The minimum absolute atomic E-state index is 0.00864. The number of esters is 1. The molecule has 46 heavy (non-hydrogen) atoms. The molecule has 2 aliphatic heterocycles. The number of ether oxygens (including phenoxy) is 3. The third kappa shape index (κ3) is 9.04. The van der Waals surface area contributed by atoms with Crippen LogP contribution in [-0.4, -0.2) is 53.7 Å². The Morgan fingerprint density at radius 2 is 1.57 bits per heavy atom. The van der Waals surface area contributed by atoms with Crippen molar-refractivity contribution in [1.29, 1.82) is 0 Å². The van der Waals surface area contributed by atoms with Crippen molar-refractivity contribution in [3.05, 3.63) is 95.1 Å². The Kier molecular flexibility index (Phi) is 12.0. The molecule has 0 aliphatic carbocycles. The second kappa shape index (κ2) is 16.3. The summed E-state index contributed by atoms with van der Waals surface area (Å²) in [5.74, 6) is -0.686. The van der Waals surface area contributed by atoms with Gasteiger partial charge in [0.15, 0.2) is 12.4 Å². The topological polar surface area (TPSA) is 97.3 Å². The molecule has 3 aromatic carbocycles. The Hall–Kier alpha value is -3.56. The van der Waals surface area contributed by atoms with Gasteiger partial charge in [-0.1, -0.05) is 86.8 Å². The van der Waals surface area contributed by atoms with Crippen molar-refractivity contribution < 1.29 is 28.9 Å². The second-order valence-corrected chi connectivity index (χ2v) is 12.7. The molecule has 8 heteroatoms. The molecule has 0 radical (unpaired) electrons. The average molecular weight is 629 g/mol. The highest BCUT2D eigenvalue weighted by atomic mass is 16.7. The van der Waals surface area contributed by atoms with Crippen molar-refractivity contribution in [1.82, 2.24) is 10.2 Å². The van der Waals surface area contributed by atoms with Crippen LogP contribution < -0.4 is 5.32 Å². The Labute approximate surface area is 273 Å². The minimum atomic E-state index is -0.847. The summed E-state index contributed by atoms with van der Waals surface area (Å²) in [6, 6.07) is 24.4. The Balaban J connectivity index is 1.35. The number of carbonyl (C=O) groups excluding carboxylic acids is 2. The molecule has 2 heterocycles. The normalized spacial score (nSPS) is 23.1. The molecule has 3 aromatic rings. The summed E-state index contributed by atoms with van der Waals surface area (Å²) in [6.45, 7) is 8.48. The van der Waals surface area contributed by atoms with Gasteiger partial charge in [0.1, 0.15) is 0 Å². The van der Waals surface area contributed by atoms with Crippen LogP contribution in [0.2, 0.25) is 0 Å². The van der Waals surface area contributed by atoms with E-state index in [1.54, 1.807) is 6.92 Å². The number of hydrogen-bond donors (Lipinski definition) is 2. The number of nitrogens with zero attached hydrogens (tertiary/aromatic N) is 1. The smallest absolute Gasteiger partial charge is 0.303 e. The van der Waals surface area contributed by atoms with Gasteiger partial charge in [-0.2, -0.15) is 0 Å². The Morgan fingerprint density at radius 3 is 2.26 bits per heavy atom. The largest absolute Gasteiger partial charge is 0.453 e. The van der Waals surface area contributed by atoms with Gasteiger partial charge in [0, 0.05) is 31.5 Å². The van der Waals surface area contributed by atoms with Crippen LogP contribution in [0.5, 0.6) is 0 Å².